The Labute approximate surface area is 349 Å². The Morgan fingerprint density at radius 1 is 1.19 bits per heavy atom. The zero-order valence-electron chi connectivity index (χ0n) is 34.3. The molecule has 6 bridgehead atoms. The van der Waals surface area contributed by atoms with Gasteiger partial charge in [-0.05, 0) is 68.1 Å². The fourth-order valence-corrected chi connectivity index (χ4v) is 12.0. The van der Waals surface area contributed by atoms with E-state index in [1.54, 1.807) is 23.2 Å². The van der Waals surface area contributed by atoms with Crippen molar-refractivity contribution in [1.82, 2.24) is 35.2 Å². The maximum Gasteiger partial charge on any atom is 0.324 e. The van der Waals surface area contributed by atoms with Gasteiger partial charge in [0.15, 0.2) is 6.10 Å². The lowest BCUT2D eigenvalue weighted by molar-refractivity contribution is -0.155. The highest BCUT2D eigenvalue weighted by molar-refractivity contribution is 7.10. The average molecular weight is 837 g/mol. The molecule has 3 fully saturated rings. The summed E-state index contributed by atoms with van der Waals surface area (Å²) < 4.78 is 20.1. The van der Waals surface area contributed by atoms with Gasteiger partial charge in [-0.3, -0.25) is 29.2 Å². The lowest BCUT2D eigenvalue weighted by Crippen LogP contribution is -2.61. The van der Waals surface area contributed by atoms with Crippen molar-refractivity contribution >= 4 is 60.2 Å². The largest absolute Gasteiger partial charge is 0.464 e. The molecule has 3 amide bonds. The van der Waals surface area contributed by atoms with E-state index in [9.17, 15) is 19.2 Å². The van der Waals surface area contributed by atoms with Gasteiger partial charge in [-0.25, -0.2) is 10.4 Å². The number of carbonyl (C=O) groups is 4. The van der Waals surface area contributed by atoms with Gasteiger partial charge in [0.05, 0.1) is 62.2 Å². The fraction of sp³-hybridized carbons (Fsp3) is 0.512. The first-order valence-electron chi connectivity index (χ1n) is 20.5. The van der Waals surface area contributed by atoms with Gasteiger partial charge in [0, 0.05) is 79.1 Å². The summed E-state index contributed by atoms with van der Waals surface area (Å²) in [7, 11) is 1.96. The molecule has 1 saturated carbocycles. The summed E-state index contributed by atoms with van der Waals surface area (Å²) in [5.41, 5.74) is 8.62. The van der Waals surface area contributed by atoms with Crippen LogP contribution in [-0.4, -0.2) is 120 Å². The van der Waals surface area contributed by atoms with E-state index in [0.29, 0.717) is 38.8 Å². The molecule has 3 aromatic heterocycles. The minimum Gasteiger partial charge on any atom is -0.464 e. The molecular weight excluding hydrogens is 787 g/mol. The highest BCUT2D eigenvalue weighted by atomic mass is 32.1. The molecule has 4 aliphatic heterocycles. The summed E-state index contributed by atoms with van der Waals surface area (Å²) >= 11 is 1.50. The van der Waals surface area contributed by atoms with E-state index in [0.717, 1.165) is 61.4 Å². The van der Waals surface area contributed by atoms with Gasteiger partial charge in [-0.2, -0.15) is 0 Å². The lowest BCUT2D eigenvalue weighted by atomic mass is 9.84. The van der Waals surface area contributed by atoms with Crippen molar-refractivity contribution in [3.63, 3.8) is 0 Å². The Morgan fingerprint density at radius 3 is 2.78 bits per heavy atom. The van der Waals surface area contributed by atoms with Gasteiger partial charge < -0.3 is 29.0 Å². The Morgan fingerprint density at radius 2 is 2.02 bits per heavy atom. The summed E-state index contributed by atoms with van der Waals surface area (Å²) in [5, 5.41) is 8.83. The molecule has 2 N–H and O–H groups in total. The number of nitrogens with zero attached hydrogens (tertiary/aromatic N) is 5. The number of morpholine rings is 1. The standard InChI is InChI=1S/C43H50N7O7SSi/c1-7-49-32-13-12-26-18-28(32)29(36(49)27-10-8-14-44-35(27)24(2)55-6)19-41(4,5)23-57-38(53)30-11-9-15-50(47-30)40(54)42(20-34-45-31(26)22-58-34)39-43(42,59-39)46-37(52)33-21-48(25(3)51)16-17-56-33/h8,10,12-14,18,22,24,30,33,47H,7,9,11,15-17,19-21,23H2,1-6H3,(H,46,52)/t24-,30-,33+,42?,43?/m0/s1. The number of hydrogen-bond acceptors (Lipinski definition) is 11. The van der Waals surface area contributed by atoms with Crippen LogP contribution >= 0.6 is 11.3 Å². The molecule has 2 unspecified atom stereocenters. The number of ether oxygens (including phenoxy) is 3. The molecule has 2 saturated heterocycles. The zero-order chi connectivity index (χ0) is 41.4. The second-order valence-corrected chi connectivity index (χ2v) is 19.6. The summed E-state index contributed by atoms with van der Waals surface area (Å²) in [5.74, 6) is -1.04. The van der Waals surface area contributed by atoms with E-state index < -0.39 is 34.1 Å². The molecule has 1 spiro atoms. The predicted molar refractivity (Wildman–Crippen MR) is 223 cm³/mol. The van der Waals surface area contributed by atoms with Crippen molar-refractivity contribution in [3.8, 4) is 22.5 Å². The highest BCUT2D eigenvalue weighted by Crippen LogP contribution is 2.63. The molecule has 9 rings (SSSR count). The number of thiazole rings is 1. The van der Waals surface area contributed by atoms with Crippen LogP contribution in [0.5, 0.6) is 0 Å². The third-order valence-corrected chi connectivity index (χ3v) is 15.5. The first kappa shape index (κ1) is 39.8. The molecule has 1 radical (unpaired) electrons. The quantitative estimate of drug-likeness (QED) is 0.217. The van der Waals surface area contributed by atoms with Crippen molar-refractivity contribution in [2.45, 2.75) is 90.3 Å². The van der Waals surface area contributed by atoms with Crippen LogP contribution in [0, 0.1) is 10.8 Å². The monoisotopic (exact) mass is 836 g/mol. The number of hydrogen-bond donors (Lipinski definition) is 2. The Balaban J connectivity index is 1.13. The molecule has 1 aromatic carbocycles. The van der Waals surface area contributed by atoms with Gasteiger partial charge in [-0.1, -0.05) is 19.9 Å². The van der Waals surface area contributed by atoms with Crippen LogP contribution in [0.4, 0.5) is 0 Å². The summed E-state index contributed by atoms with van der Waals surface area (Å²) in [6.07, 6.45) is 2.78. The van der Waals surface area contributed by atoms with E-state index in [-0.39, 0.29) is 52.7 Å². The van der Waals surface area contributed by atoms with Crippen LogP contribution in [0.15, 0.2) is 41.9 Å². The number of hydrazine groups is 1. The van der Waals surface area contributed by atoms with Crippen LogP contribution in [0.2, 0.25) is 0 Å². The molecule has 14 nitrogen and oxygen atoms in total. The van der Waals surface area contributed by atoms with Crippen molar-refractivity contribution in [1.29, 1.82) is 0 Å². The van der Waals surface area contributed by atoms with Crippen LogP contribution in [0.1, 0.15) is 69.8 Å². The Bertz CT molecular complexity index is 2430. The molecule has 309 valence electrons. The maximum atomic E-state index is 14.8. The number of amides is 3. The first-order chi connectivity index (χ1) is 28.3. The minimum atomic E-state index is -1.03. The molecule has 1 aliphatic carbocycles. The first-order valence-corrected chi connectivity index (χ1v) is 22.4. The number of carbonyl (C=O) groups excluding carboxylic acids is 4. The number of cyclic esters (lactones) is 1. The molecule has 59 heavy (non-hydrogen) atoms. The minimum absolute atomic E-state index is 0.114. The lowest BCUT2D eigenvalue weighted by Gasteiger charge is -2.37. The predicted octanol–water partition coefficient (Wildman–Crippen LogP) is 3.67. The normalized spacial score (nSPS) is 26.8. The van der Waals surface area contributed by atoms with Crippen LogP contribution in [0.25, 0.3) is 33.4 Å². The van der Waals surface area contributed by atoms with Crippen molar-refractivity contribution in [2.24, 2.45) is 10.8 Å². The van der Waals surface area contributed by atoms with Gasteiger partial charge >= 0.3 is 5.97 Å². The third kappa shape index (κ3) is 6.67. The van der Waals surface area contributed by atoms with Gasteiger partial charge in [0.1, 0.15) is 11.5 Å². The number of aromatic nitrogens is 3. The molecule has 4 aromatic rings. The molecular formula is C43H50N7O7SSi. The third-order valence-electron chi connectivity index (χ3n) is 12.7. The SMILES string of the molecule is CCn1c(-c2cccnc2[C@H](C)OC)c2c3cc(ccc31)-c1csc(n1)CC1(C(=O)N3CCC[C@H](N3)C(=O)OCC(C)(C)C2)C2=[Si]C21NC(=O)[C@H]1CN(C(C)=O)CCO1. The number of benzene rings is 1. The fourth-order valence-electron chi connectivity index (χ4n) is 9.32. The number of methoxy groups -OCH3 is 1. The Kier molecular flexibility index (Phi) is 10.0. The summed E-state index contributed by atoms with van der Waals surface area (Å²) in [4.78, 5) is 66.2. The summed E-state index contributed by atoms with van der Waals surface area (Å²) in [6, 6.07) is 9.84. The average Bonchev–Trinajstić information content (AvgIpc) is 3.94. The van der Waals surface area contributed by atoms with Crippen LogP contribution < -0.4 is 10.7 Å². The number of aryl methyl sites for hydroxylation is 1. The molecule has 5 aliphatic rings. The van der Waals surface area contributed by atoms with Crippen molar-refractivity contribution in [2.75, 3.05) is 40.0 Å². The number of fused-ring (bicyclic) bond motifs is 9. The van der Waals surface area contributed by atoms with E-state index in [1.807, 2.05) is 18.4 Å². The van der Waals surface area contributed by atoms with Gasteiger partial charge in [0.2, 0.25) is 11.8 Å². The summed E-state index contributed by atoms with van der Waals surface area (Å²) in [6.45, 7) is 12.0. The molecule has 5 atom stereocenters. The number of nitrogens with one attached hydrogen (secondary N) is 2. The Hall–Kier alpha value is -4.61. The van der Waals surface area contributed by atoms with E-state index >= 15 is 0 Å². The number of esters is 1. The molecule has 16 heteroatoms. The smallest absolute Gasteiger partial charge is 0.324 e. The number of rotatable bonds is 6. The van der Waals surface area contributed by atoms with Crippen LogP contribution in [0.3, 0.4) is 0 Å². The maximum absolute atomic E-state index is 14.8. The van der Waals surface area contributed by atoms with Crippen LogP contribution in [-0.2, 0) is 52.8 Å². The number of pyridine rings is 1. The van der Waals surface area contributed by atoms with E-state index in [2.05, 4.69) is 60.3 Å². The van der Waals surface area contributed by atoms with E-state index in [1.165, 1.54) is 18.3 Å². The topological polar surface area (TPSA) is 157 Å². The van der Waals surface area contributed by atoms with E-state index in [4.69, 9.17) is 24.2 Å². The molecule has 7 heterocycles. The second-order valence-electron chi connectivity index (χ2n) is 17.1. The van der Waals surface area contributed by atoms with Crippen molar-refractivity contribution < 1.29 is 33.4 Å². The second kappa shape index (κ2) is 14.8. The zero-order valence-corrected chi connectivity index (χ0v) is 36.2. The van der Waals surface area contributed by atoms with Gasteiger partial charge in [-0.15, -0.1) is 11.3 Å². The van der Waals surface area contributed by atoms with Crippen molar-refractivity contribution in [3.05, 3.63) is 58.2 Å². The van der Waals surface area contributed by atoms with Gasteiger partial charge in [0.25, 0.3) is 5.91 Å². The highest BCUT2D eigenvalue weighted by Gasteiger charge is 2.86.